The molecule has 12 heteroatoms. The summed E-state index contributed by atoms with van der Waals surface area (Å²) in [7, 11) is -3.74. The Morgan fingerprint density at radius 1 is 1.12 bits per heavy atom. The van der Waals surface area contributed by atoms with Crippen molar-refractivity contribution in [1.82, 2.24) is 19.9 Å². The summed E-state index contributed by atoms with van der Waals surface area (Å²) in [6.45, 7) is 4.23. The average molecular weight is 572 g/mol. The maximum Gasteiger partial charge on any atom is 0.328 e. The molecule has 0 radical (unpaired) electrons. The third-order valence-electron chi connectivity index (χ3n) is 7.21. The lowest BCUT2D eigenvalue weighted by atomic mass is 10.0. The van der Waals surface area contributed by atoms with E-state index in [0.717, 1.165) is 54.9 Å². The Morgan fingerprint density at radius 3 is 2.55 bits per heavy atom. The fourth-order valence-corrected chi connectivity index (χ4v) is 6.64. The van der Waals surface area contributed by atoms with E-state index in [1.54, 1.807) is 12.1 Å². The predicted octanol–water partition coefficient (Wildman–Crippen LogP) is 1.78. The van der Waals surface area contributed by atoms with Crippen LogP contribution in [0.3, 0.4) is 0 Å². The van der Waals surface area contributed by atoms with Crippen LogP contribution < -0.4 is 16.0 Å². The number of carboxylic acids is 1. The Bertz CT molecular complexity index is 1350. The summed E-state index contributed by atoms with van der Waals surface area (Å²) in [5, 5.41) is 17.9. The number of aliphatic carboxylic acids is 1. The van der Waals surface area contributed by atoms with Crippen molar-refractivity contribution in [2.24, 2.45) is 5.92 Å². The average Bonchev–Trinajstić information content (AvgIpc) is 2.87. The first kappa shape index (κ1) is 29.5. The number of benzene rings is 1. The largest absolute Gasteiger partial charge is 0.480 e. The van der Waals surface area contributed by atoms with Gasteiger partial charge in [0.05, 0.1) is 10.8 Å². The highest BCUT2D eigenvalue weighted by Gasteiger charge is 2.41. The van der Waals surface area contributed by atoms with E-state index >= 15 is 0 Å². The minimum absolute atomic E-state index is 0.0327. The molecule has 1 aromatic heterocycles. The van der Waals surface area contributed by atoms with Crippen LogP contribution in [0.15, 0.2) is 35.2 Å². The zero-order chi connectivity index (χ0) is 28.9. The molecule has 1 saturated heterocycles. The molecule has 0 bridgehead atoms. The van der Waals surface area contributed by atoms with Crippen molar-refractivity contribution in [3.05, 3.63) is 52.7 Å². The molecule has 0 saturated carbocycles. The van der Waals surface area contributed by atoms with Crippen molar-refractivity contribution in [3.8, 4) is 0 Å². The van der Waals surface area contributed by atoms with Gasteiger partial charge in [-0.15, -0.1) is 0 Å². The number of anilines is 1. The van der Waals surface area contributed by atoms with Gasteiger partial charge in [0.2, 0.25) is 21.8 Å². The molecular formula is C28H37N5O6S. The van der Waals surface area contributed by atoms with E-state index in [4.69, 9.17) is 0 Å². The van der Waals surface area contributed by atoms with E-state index in [2.05, 4.69) is 27.0 Å². The predicted molar refractivity (Wildman–Crippen MR) is 149 cm³/mol. The number of nitrogens with one attached hydrogen (secondary N) is 3. The lowest BCUT2D eigenvalue weighted by Gasteiger charge is -2.37. The number of aromatic nitrogens is 1. The summed E-state index contributed by atoms with van der Waals surface area (Å²) in [5.74, 6) is -1.85. The second-order valence-electron chi connectivity index (χ2n) is 10.6. The molecule has 2 amide bonds. The second-order valence-corrected chi connectivity index (χ2v) is 12.5. The molecule has 0 aliphatic carbocycles. The van der Waals surface area contributed by atoms with Crippen LogP contribution in [0.1, 0.15) is 48.1 Å². The number of carbonyl (C=O) groups is 3. The van der Waals surface area contributed by atoms with E-state index in [1.807, 2.05) is 26.0 Å². The van der Waals surface area contributed by atoms with Gasteiger partial charge in [-0.2, -0.15) is 4.31 Å². The van der Waals surface area contributed by atoms with E-state index in [1.165, 1.54) is 9.87 Å². The molecule has 4 rings (SSSR count). The monoisotopic (exact) mass is 571 g/mol. The standard InChI is InChI=1S/C28H37N5O6S/c1-18-12-19(2)14-23(13-18)40(38,39)33-16-21(17-33)27(35)32-24(28(36)37)15-30-25(34)8-4-3-7-22-10-9-20-6-5-11-29-26(20)31-22/h9-10,12-14,21,24H,3-8,11,15-17H2,1-2H3,(H,29,31)(H,30,34)(H,32,35)(H,36,37)/t24-/m0/s1. The molecule has 0 spiro atoms. The third-order valence-corrected chi connectivity index (χ3v) is 9.02. The van der Waals surface area contributed by atoms with Crippen molar-refractivity contribution >= 4 is 33.6 Å². The van der Waals surface area contributed by atoms with Gasteiger partial charge in [0.25, 0.3) is 0 Å². The van der Waals surface area contributed by atoms with Gasteiger partial charge in [0.1, 0.15) is 11.9 Å². The lowest BCUT2D eigenvalue weighted by molar-refractivity contribution is -0.143. The van der Waals surface area contributed by atoms with Gasteiger partial charge in [-0.1, -0.05) is 12.1 Å². The first-order valence-electron chi connectivity index (χ1n) is 13.6. The number of fused-ring (bicyclic) bond motifs is 1. The maximum absolute atomic E-state index is 12.9. The zero-order valence-electron chi connectivity index (χ0n) is 22.9. The van der Waals surface area contributed by atoms with Crippen molar-refractivity contribution in [2.45, 2.75) is 63.3 Å². The zero-order valence-corrected chi connectivity index (χ0v) is 23.7. The first-order chi connectivity index (χ1) is 19.0. The Kier molecular flexibility index (Phi) is 9.41. The van der Waals surface area contributed by atoms with Crippen LogP contribution in [-0.2, 0) is 37.2 Å². The molecule has 11 nitrogen and oxygen atoms in total. The van der Waals surface area contributed by atoms with Crippen LogP contribution in [0.2, 0.25) is 0 Å². The molecule has 1 atom stereocenters. The summed E-state index contributed by atoms with van der Waals surface area (Å²) >= 11 is 0. The highest BCUT2D eigenvalue weighted by Crippen LogP contribution is 2.26. The number of sulfonamides is 1. The lowest BCUT2D eigenvalue weighted by Crippen LogP contribution is -2.58. The number of carboxylic acid groups (broad SMARTS) is 1. The molecule has 4 N–H and O–H groups in total. The number of unbranched alkanes of at least 4 members (excludes halogenated alkanes) is 1. The number of rotatable bonds is 12. The first-order valence-corrected chi connectivity index (χ1v) is 15.1. The highest BCUT2D eigenvalue weighted by molar-refractivity contribution is 7.89. The van der Waals surface area contributed by atoms with Crippen molar-refractivity contribution in [2.75, 3.05) is 31.5 Å². The van der Waals surface area contributed by atoms with E-state index < -0.39 is 33.9 Å². The van der Waals surface area contributed by atoms with E-state index in [9.17, 15) is 27.9 Å². The van der Waals surface area contributed by atoms with Gasteiger partial charge >= 0.3 is 5.97 Å². The number of aryl methyl sites for hydroxylation is 4. The fourth-order valence-electron chi connectivity index (χ4n) is 4.92. The molecule has 216 valence electrons. The molecule has 0 unspecified atom stereocenters. The normalized spacial score (nSPS) is 16.2. The molecule has 2 aromatic rings. The summed E-state index contributed by atoms with van der Waals surface area (Å²) in [6.07, 6.45) is 4.50. The maximum atomic E-state index is 12.9. The van der Waals surface area contributed by atoms with Crippen molar-refractivity contribution in [3.63, 3.8) is 0 Å². The topological polar surface area (TPSA) is 158 Å². The summed E-state index contributed by atoms with van der Waals surface area (Å²) < 4.78 is 27.0. The number of amides is 2. The number of carbonyl (C=O) groups excluding carboxylic acids is 2. The van der Waals surface area contributed by atoms with Crippen LogP contribution in [0, 0.1) is 19.8 Å². The summed E-state index contributed by atoms with van der Waals surface area (Å²) in [6, 6.07) is 7.85. The quantitative estimate of drug-likeness (QED) is 0.281. The summed E-state index contributed by atoms with van der Waals surface area (Å²) in [4.78, 5) is 41.4. The van der Waals surface area contributed by atoms with E-state index in [0.29, 0.717) is 6.42 Å². The number of hydrogen-bond donors (Lipinski definition) is 4. The third kappa shape index (κ3) is 7.36. The Morgan fingerprint density at radius 2 is 1.85 bits per heavy atom. The van der Waals surface area contributed by atoms with Crippen LogP contribution in [0.5, 0.6) is 0 Å². The second kappa shape index (κ2) is 12.8. The Balaban J connectivity index is 1.17. The van der Waals surface area contributed by atoms with Crippen LogP contribution in [-0.4, -0.2) is 72.8 Å². The molecular weight excluding hydrogens is 534 g/mol. The fraction of sp³-hybridized carbons (Fsp3) is 0.500. The van der Waals surface area contributed by atoms with Gasteiger partial charge in [-0.25, -0.2) is 18.2 Å². The van der Waals surface area contributed by atoms with Crippen molar-refractivity contribution < 1.29 is 27.9 Å². The molecule has 1 aromatic carbocycles. The van der Waals surface area contributed by atoms with E-state index in [-0.39, 0.29) is 36.9 Å². The molecule has 1 fully saturated rings. The van der Waals surface area contributed by atoms with Gasteiger partial charge in [0.15, 0.2) is 0 Å². The number of nitrogens with zero attached hydrogens (tertiary/aromatic N) is 2. The minimum Gasteiger partial charge on any atom is -0.480 e. The van der Waals surface area contributed by atoms with Gasteiger partial charge in [-0.05, 0) is 80.8 Å². The summed E-state index contributed by atoms with van der Waals surface area (Å²) in [5.41, 5.74) is 3.84. The minimum atomic E-state index is -3.74. The van der Waals surface area contributed by atoms with Gasteiger partial charge < -0.3 is 21.1 Å². The Labute approximate surface area is 234 Å². The molecule has 3 heterocycles. The number of hydrogen-bond acceptors (Lipinski definition) is 7. The number of pyridine rings is 1. The molecule has 40 heavy (non-hydrogen) atoms. The van der Waals surface area contributed by atoms with Crippen LogP contribution >= 0.6 is 0 Å². The van der Waals surface area contributed by atoms with Gasteiger partial charge in [-0.3, -0.25) is 9.59 Å². The van der Waals surface area contributed by atoms with Gasteiger partial charge in [0, 0.05) is 38.3 Å². The SMILES string of the molecule is Cc1cc(C)cc(S(=O)(=O)N2CC(C(=O)N[C@@H](CNC(=O)CCCCc3ccc4c(n3)NCCC4)C(=O)O)C2)c1. The highest BCUT2D eigenvalue weighted by atomic mass is 32.2. The Hall–Kier alpha value is -3.51. The van der Waals surface area contributed by atoms with Crippen LogP contribution in [0.4, 0.5) is 5.82 Å². The van der Waals surface area contributed by atoms with Crippen molar-refractivity contribution in [1.29, 1.82) is 0 Å². The smallest absolute Gasteiger partial charge is 0.328 e. The molecule has 2 aliphatic heterocycles. The molecule has 2 aliphatic rings. The van der Waals surface area contributed by atoms with Crippen LogP contribution in [0.25, 0.3) is 0 Å².